The molecule has 0 aliphatic carbocycles. The van der Waals surface area contributed by atoms with E-state index in [9.17, 15) is 13.2 Å². The smallest absolute Gasteiger partial charge is 0.232 e. The van der Waals surface area contributed by atoms with Crippen molar-refractivity contribution in [3.05, 3.63) is 101 Å². The molecule has 6 heteroatoms. The van der Waals surface area contributed by atoms with Crippen molar-refractivity contribution in [1.29, 1.82) is 0 Å². The van der Waals surface area contributed by atoms with Crippen LogP contribution in [0, 0.1) is 13.8 Å². The first kappa shape index (κ1) is 23.5. The minimum absolute atomic E-state index is 0.113. The van der Waals surface area contributed by atoms with Crippen LogP contribution in [0.4, 0.5) is 5.69 Å². The zero-order valence-corrected chi connectivity index (χ0v) is 19.6. The summed E-state index contributed by atoms with van der Waals surface area (Å²) in [5, 5.41) is 3.13. The summed E-state index contributed by atoms with van der Waals surface area (Å²) in [6.07, 6.45) is 1.85. The second-order valence-corrected chi connectivity index (χ2v) is 9.95. The van der Waals surface area contributed by atoms with Gasteiger partial charge < -0.3 is 5.32 Å². The van der Waals surface area contributed by atoms with Crippen molar-refractivity contribution in [3.63, 3.8) is 0 Å². The molecule has 168 valence electrons. The van der Waals surface area contributed by atoms with E-state index in [2.05, 4.69) is 5.32 Å². The second kappa shape index (κ2) is 10.5. The molecule has 0 bridgehead atoms. The molecule has 0 saturated carbocycles. The van der Waals surface area contributed by atoms with E-state index in [4.69, 9.17) is 0 Å². The Labute approximate surface area is 191 Å². The van der Waals surface area contributed by atoms with Gasteiger partial charge in [0.2, 0.25) is 15.9 Å². The number of amides is 1. The van der Waals surface area contributed by atoms with Gasteiger partial charge in [-0.3, -0.25) is 9.10 Å². The van der Waals surface area contributed by atoms with Crippen molar-refractivity contribution < 1.29 is 13.2 Å². The van der Waals surface area contributed by atoms with E-state index < -0.39 is 10.0 Å². The van der Waals surface area contributed by atoms with Crippen molar-refractivity contribution in [3.8, 4) is 0 Å². The quantitative estimate of drug-likeness (QED) is 0.511. The van der Waals surface area contributed by atoms with Crippen LogP contribution in [0.2, 0.25) is 0 Å². The van der Waals surface area contributed by atoms with E-state index in [0.29, 0.717) is 12.1 Å². The Morgan fingerprint density at radius 2 is 1.47 bits per heavy atom. The summed E-state index contributed by atoms with van der Waals surface area (Å²) in [5.41, 5.74) is 4.70. The van der Waals surface area contributed by atoms with Gasteiger partial charge in [-0.2, -0.15) is 0 Å². The monoisotopic (exact) mass is 450 g/mol. The predicted octanol–water partition coefficient (Wildman–Crippen LogP) is 4.76. The molecule has 0 fully saturated rings. The Hall–Kier alpha value is -3.12. The fraction of sp³-hybridized carbons (Fsp3) is 0.269. The van der Waals surface area contributed by atoms with Gasteiger partial charge in [0.25, 0.3) is 0 Å². The van der Waals surface area contributed by atoms with E-state index in [0.717, 1.165) is 22.3 Å². The van der Waals surface area contributed by atoms with Crippen LogP contribution < -0.4 is 9.62 Å². The lowest BCUT2D eigenvalue weighted by Gasteiger charge is -2.24. The number of rotatable bonds is 9. The lowest BCUT2D eigenvalue weighted by molar-refractivity contribution is -0.121. The molecule has 0 radical (unpaired) electrons. The molecular formula is C26H30N2O3S. The molecule has 5 nitrogen and oxygen atoms in total. The molecule has 3 aromatic carbocycles. The van der Waals surface area contributed by atoms with E-state index in [1.165, 1.54) is 10.6 Å². The van der Waals surface area contributed by atoms with Gasteiger partial charge in [0.15, 0.2) is 0 Å². The summed E-state index contributed by atoms with van der Waals surface area (Å²) in [6, 6.07) is 25.1. The fourth-order valence-corrected chi connectivity index (χ4v) is 4.71. The number of carbonyl (C=O) groups is 1. The maximum Gasteiger partial charge on any atom is 0.232 e. The summed E-state index contributed by atoms with van der Waals surface area (Å²) in [5.74, 6) is -0.113. The van der Waals surface area contributed by atoms with Crippen molar-refractivity contribution in [2.75, 3.05) is 17.1 Å². The average Bonchev–Trinajstić information content (AvgIpc) is 2.76. The maximum atomic E-state index is 12.8. The highest BCUT2D eigenvalue weighted by Gasteiger charge is 2.20. The van der Waals surface area contributed by atoms with Crippen molar-refractivity contribution in [2.45, 2.75) is 32.7 Å². The number of hydrogen-bond acceptors (Lipinski definition) is 3. The Morgan fingerprint density at radius 1 is 0.875 bits per heavy atom. The Balaban J connectivity index is 1.70. The molecule has 1 amide bonds. The molecule has 0 aliphatic rings. The predicted molar refractivity (Wildman–Crippen MR) is 130 cm³/mol. The minimum atomic E-state index is -3.45. The van der Waals surface area contributed by atoms with Gasteiger partial charge in [-0.1, -0.05) is 78.4 Å². The van der Waals surface area contributed by atoms with Crippen LogP contribution in [0.3, 0.4) is 0 Å². The molecule has 0 heterocycles. The van der Waals surface area contributed by atoms with Crippen LogP contribution >= 0.6 is 0 Å². The molecule has 1 N–H and O–H groups in total. The normalized spacial score (nSPS) is 12.2. The summed E-state index contributed by atoms with van der Waals surface area (Å²) in [4.78, 5) is 12.8. The highest BCUT2D eigenvalue weighted by atomic mass is 32.2. The van der Waals surface area contributed by atoms with Gasteiger partial charge in [-0.05, 0) is 43.0 Å². The first-order valence-corrected chi connectivity index (χ1v) is 12.5. The standard InChI is InChI=1S/C26H30N2O3S/c1-20-15-17-23(18-16-20)26(22-11-5-4-6-12-22)27-25(29)14-9-19-28(32(3,30)31)24-13-8-7-10-21(24)2/h4-8,10-13,15-18,26H,9,14,19H2,1-3H3,(H,27,29)/t26-/m0/s1. The zero-order valence-electron chi connectivity index (χ0n) is 18.8. The zero-order chi connectivity index (χ0) is 23.1. The van der Waals surface area contributed by atoms with E-state index in [1.54, 1.807) is 6.07 Å². The van der Waals surface area contributed by atoms with Crippen LogP contribution in [0.25, 0.3) is 0 Å². The molecule has 1 atom stereocenters. The van der Waals surface area contributed by atoms with Gasteiger partial charge in [-0.15, -0.1) is 0 Å². The molecular weight excluding hydrogens is 420 g/mol. The Bertz CT molecular complexity index is 1140. The molecule has 3 rings (SSSR count). The highest BCUT2D eigenvalue weighted by Crippen LogP contribution is 2.24. The summed E-state index contributed by atoms with van der Waals surface area (Å²) in [6.45, 7) is 4.16. The number of sulfonamides is 1. The summed E-state index contributed by atoms with van der Waals surface area (Å²) < 4.78 is 26.1. The van der Waals surface area contributed by atoms with Gasteiger partial charge in [0, 0.05) is 13.0 Å². The van der Waals surface area contributed by atoms with Crippen LogP contribution in [-0.2, 0) is 14.8 Å². The van der Waals surface area contributed by atoms with Gasteiger partial charge >= 0.3 is 0 Å². The third kappa shape index (κ3) is 6.20. The number of benzene rings is 3. The number of nitrogens with one attached hydrogen (secondary N) is 1. The van der Waals surface area contributed by atoms with Gasteiger partial charge in [0.05, 0.1) is 18.0 Å². The first-order chi connectivity index (χ1) is 15.3. The third-order valence-corrected chi connectivity index (χ3v) is 6.58. The number of para-hydroxylation sites is 1. The van der Waals surface area contributed by atoms with E-state index in [1.807, 2.05) is 86.6 Å². The lowest BCUT2D eigenvalue weighted by atomic mass is 9.97. The highest BCUT2D eigenvalue weighted by molar-refractivity contribution is 7.92. The topological polar surface area (TPSA) is 66.5 Å². The number of hydrogen-bond donors (Lipinski definition) is 1. The number of carbonyl (C=O) groups excluding carboxylic acids is 1. The lowest BCUT2D eigenvalue weighted by Crippen LogP contribution is -2.33. The molecule has 0 aromatic heterocycles. The molecule has 0 spiro atoms. The number of anilines is 1. The van der Waals surface area contributed by atoms with Crippen molar-refractivity contribution in [1.82, 2.24) is 5.32 Å². The Morgan fingerprint density at radius 3 is 2.09 bits per heavy atom. The van der Waals surface area contributed by atoms with Gasteiger partial charge in [0.1, 0.15) is 0 Å². The summed E-state index contributed by atoms with van der Waals surface area (Å²) in [7, 11) is -3.45. The molecule has 3 aromatic rings. The first-order valence-electron chi connectivity index (χ1n) is 10.7. The van der Waals surface area contributed by atoms with Crippen LogP contribution in [0.15, 0.2) is 78.9 Å². The van der Waals surface area contributed by atoms with Crippen molar-refractivity contribution >= 4 is 21.6 Å². The van der Waals surface area contributed by atoms with Crippen LogP contribution in [-0.4, -0.2) is 27.1 Å². The van der Waals surface area contributed by atoms with E-state index in [-0.39, 0.29) is 24.9 Å². The Kier molecular flexibility index (Phi) is 7.70. The second-order valence-electron chi connectivity index (χ2n) is 8.05. The number of aryl methyl sites for hydroxylation is 2. The van der Waals surface area contributed by atoms with Crippen LogP contribution in [0.5, 0.6) is 0 Å². The largest absolute Gasteiger partial charge is 0.345 e. The van der Waals surface area contributed by atoms with Crippen LogP contribution in [0.1, 0.15) is 41.1 Å². The molecule has 0 saturated heterocycles. The minimum Gasteiger partial charge on any atom is -0.345 e. The fourth-order valence-electron chi connectivity index (χ4n) is 3.69. The maximum absolute atomic E-state index is 12.8. The summed E-state index contributed by atoms with van der Waals surface area (Å²) >= 11 is 0. The SMILES string of the molecule is Cc1ccc([C@@H](NC(=O)CCCN(c2ccccc2C)S(C)(=O)=O)c2ccccc2)cc1. The molecule has 0 aliphatic heterocycles. The third-order valence-electron chi connectivity index (χ3n) is 5.40. The number of nitrogens with zero attached hydrogens (tertiary/aromatic N) is 1. The van der Waals surface area contributed by atoms with Gasteiger partial charge in [-0.25, -0.2) is 8.42 Å². The van der Waals surface area contributed by atoms with Crippen molar-refractivity contribution in [2.24, 2.45) is 0 Å². The average molecular weight is 451 g/mol. The molecule has 32 heavy (non-hydrogen) atoms. The molecule has 0 unspecified atom stereocenters. The van der Waals surface area contributed by atoms with E-state index >= 15 is 0 Å².